The van der Waals surface area contributed by atoms with Crippen molar-refractivity contribution in [3.8, 4) is 55.6 Å². The molecule has 278 valence electrons. The normalized spacial score (nSPS) is 14.2. The van der Waals surface area contributed by atoms with E-state index in [1.54, 1.807) is 0 Å². The summed E-state index contributed by atoms with van der Waals surface area (Å²) in [5.41, 5.74) is 23.4. The lowest BCUT2D eigenvalue weighted by Crippen LogP contribution is -2.29. The standard InChI is InChI=1S/C58H41N/c1-57(2)48-28-13-8-26-45(48)46-36-35-39(37-53(46)57)59(54-33-17-12-21-40(54)38-19-4-3-5-20-38)55-34-18-32-52-56(55)47-27-11-16-31-51(47)58(52)49-29-14-9-24-43(49)41-22-6-7-23-42(41)44-25-10-15-30-50(44)58/h3-37H,1-2H3. The lowest BCUT2D eigenvalue weighted by Gasteiger charge is -2.36. The second-order valence-corrected chi connectivity index (χ2v) is 16.8. The Kier molecular flexibility index (Phi) is 7.26. The van der Waals surface area contributed by atoms with Crippen LogP contribution in [0.25, 0.3) is 55.6 Å². The van der Waals surface area contributed by atoms with Crippen LogP contribution in [0.2, 0.25) is 0 Å². The molecule has 1 heteroatoms. The van der Waals surface area contributed by atoms with Crippen LogP contribution >= 0.6 is 0 Å². The lowest BCUT2D eigenvalue weighted by molar-refractivity contribution is 0.660. The number of benzene rings is 9. The Balaban J connectivity index is 1.20. The fourth-order valence-corrected chi connectivity index (χ4v) is 11.0. The molecule has 0 aromatic heterocycles. The Morgan fingerprint density at radius 2 is 0.746 bits per heavy atom. The van der Waals surface area contributed by atoms with Crippen LogP contribution in [0.5, 0.6) is 0 Å². The van der Waals surface area contributed by atoms with Gasteiger partial charge in [0.05, 0.1) is 16.8 Å². The maximum Gasteiger partial charge on any atom is 0.0726 e. The van der Waals surface area contributed by atoms with Crippen molar-refractivity contribution in [3.63, 3.8) is 0 Å². The topological polar surface area (TPSA) is 3.24 Å². The molecule has 0 N–H and O–H groups in total. The quantitative estimate of drug-likeness (QED) is 0.173. The van der Waals surface area contributed by atoms with Gasteiger partial charge in [0.25, 0.3) is 0 Å². The summed E-state index contributed by atoms with van der Waals surface area (Å²) in [7, 11) is 0. The number of anilines is 3. The van der Waals surface area contributed by atoms with Crippen LogP contribution in [0, 0.1) is 0 Å². The molecule has 0 heterocycles. The van der Waals surface area contributed by atoms with E-state index in [4.69, 9.17) is 0 Å². The van der Waals surface area contributed by atoms with Crippen LogP contribution < -0.4 is 4.90 Å². The average Bonchev–Trinajstić information content (AvgIpc) is 3.68. The van der Waals surface area contributed by atoms with Crippen molar-refractivity contribution in [2.24, 2.45) is 0 Å². The summed E-state index contributed by atoms with van der Waals surface area (Å²) in [6, 6.07) is 79.5. The molecule has 0 atom stereocenters. The van der Waals surface area contributed by atoms with Crippen LogP contribution in [-0.4, -0.2) is 0 Å². The summed E-state index contributed by atoms with van der Waals surface area (Å²) in [5.74, 6) is 0. The Hall–Kier alpha value is -7.22. The second kappa shape index (κ2) is 12.6. The number of fused-ring (bicyclic) bond motifs is 15. The Labute approximate surface area is 346 Å². The van der Waals surface area contributed by atoms with E-state index in [1.807, 2.05) is 0 Å². The minimum absolute atomic E-state index is 0.148. The van der Waals surface area contributed by atoms with E-state index in [9.17, 15) is 0 Å². The van der Waals surface area contributed by atoms with Gasteiger partial charge in [-0.1, -0.05) is 202 Å². The molecule has 1 spiro atoms. The van der Waals surface area contributed by atoms with E-state index in [2.05, 4.69) is 231 Å². The molecule has 0 saturated heterocycles. The van der Waals surface area contributed by atoms with Gasteiger partial charge in [-0.2, -0.15) is 0 Å². The molecule has 9 aromatic rings. The molecule has 0 fully saturated rings. The molecule has 1 nitrogen and oxygen atoms in total. The predicted molar refractivity (Wildman–Crippen MR) is 246 cm³/mol. The zero-order valence-electron chi connectivity index (χ0n) is 33.2. The van der Waals surface area contributed by atoms with Crippen LogP contribution in [0.15, 0.2) is 212 Å². The molecule has 0 saturated carbocycles. The molecule has 3 aliphatic rings. The van der Waals surface area contributed by atoms with Gasteiger partial charge in [0.1, 0.15) is 0 Å². The number of para-hydroxylation sites is 1. The van der Waals surface area contributed by atoms with Crippen LogP contribution in [-0.2, 0) is 10.8 Å². The van der Waals surface area contributed by atoms with E-state index in [-0.39, 0.29) is 5.41 Å². The molecule has 59 heavy (non-hydrogen) atoms. The first-order chi connectivity index (χ1) is 29.1. The number of hydrogen-bond acceptors (Lipinski definition) is 1. The molecule has 0 amide bonds. The summed E-state index contributed by atoms with van der Waals surface area (Å²) < 4.78 is 0. The van der Waals surface area contributed by atoms with Crippen LogP contribution in [0.4, 0.5) is 17.1 Å². The molecule has 9 aromatic carbocycles. The van der Waals surface area contributed by atoms with Crippen molar-refractivity contribution in [2.75, 3.05) is 4.90 Å². The first-order valence-corrected chi connectivity index (χ1v) is 20.8. The number of nitrogens with zero attached hydrogens (tertiary/aromatic N) is 1. The summed E-state index contributed by atoms with van der Waals surface area (Å²) >= 11 is 0. The molecule has 3 aliphatic carbocycles. The van der Waals surface area contributed by atoms with Crippen molar-refractivity contribution in [1.82, 2.24) is 0 Å². The predicted octanol–water partition coefficient (Wildman–Crippen LogP) is 15.1. The van der Waals surface area contributed by atoms with Crippen molar-refractivity contribution in [2.45, 2.75) is 24.7 Å². The third-order valence-corrected chi connectivity index (χ3v) is 13.5. The molecule has 0 aliphatic heterocycles. The van der Waals surface area contributed by atoms with Gasteiger partial charge in [-0.05, 0) is 102 Å². The maximum absolute atomic E-state index is 2.56. The Bertz CT molecular complexity index is 3080. The van der Waals surface area contributed by atoms with Gasteiger partial charge in [0.2, 0.25) is 0 Å². The molecular formula is C58H41N. The van der Waals surface area contributed by atoms with Crippen LogP contribution in [0.3, 0.4) is 0 Å². The largest absolute Gasteiger partial charge is 0.309 e. The Morgan fingerprint density at radius 1 is 0.305 bits per heavy atom. The highest BCUT2D eigenvalue weighted by Crippen LogP contribution is 2.64. The summed E-state index contributed by atoms with van der Waals surface area (Å²) in [4.78, 5) is 2.56. The van der Waals surface area contributed by atoms with E-state index < -0.39 is 5.41 Å². The monoisotopic (exact) mass is 751 g/mol. The van der Waals surface area contributed by atoms with E-state index in [0.29, 0.717) is 0 Å². The van der Waals surface area contributed by atoms with Crippen molar-refractivity contribution in [1.29, 1.82) is 0 Å². The smallest absolute Gasteiger partial charge is 0.0726 e. The van der Waals surface area contributed by atoms with Gasteiger partial charge < -0.3 is 4.90 Å². The maximum atomic E-state index is 2.56. The van der Waals surface area contributed by atoms with Gasteiger partial charge in [-0.15, -0.1) is 0 Å². The highest BCUT2D eigenvalue weighted by molar-refractivity contribution is 6.03. The third kappa shape index (κ3) is 4.62. The summed E-state index contributed by atoms with van der Waals surface area (Å²) in [6.45, 7) is 4.76. The summed E-state index contributed by atoms with van der Waals surface area (Å²) in [5, 5.41) is 0. The highest BCUT2D eigenvalue weighted by Gasteiger charge is 2.50. The van der Waals surface area contributed by atoms with Crippen molar-refractivity contribution >= 4 is 17.1 Å². The number of rotatable bonds is 4. The zero-order valence-corrected chi connectivity index (χ0v) is 33.2. The Morgan fingerprint density at radius 3 is 1.39 bits per heavy atom. The molecule has 0 bridgehead atoms. The zero-order chi connectivity index (χ0) is 39.3. The van der Waals surface area contributed by atoms with Crippen LogP contribution in [0.1, 0.15) is 47.2 Å². The van der Waals surface area contributed by atoms with Gasteiger partial charge in [-0.25, -0.2) is 0 Å². The lowest BCUT2D eigenvalue weighted by atomic mass is 9.66. The third-order valence-electron chi connectivity index (χ3n) is 13.5. The van der Waals surface area contributed by atoms with Gasteiger partial charge >= 0.3 is 0 Å². The van der Waals surface area contributed by atoms with E-state index in [1.165, 1.54) is 94.7 Å². The molecule has 0 radical (unpaired) electrons. The van der Waals surface area contributed by atoms with E-state index >= 15 is 0 Å². The fourth-order valence-electron chi connectivity index (χ4n) is 11.0. The number of hydrogen-bond donors (Lipinski definition) is 0. The fraction of sp³-hybridized carbons (Fsp3) is 0.0690. The van der Waals surface area contributed by atoms with Crippen molar-refractivity contribution < 1.29 is 0 Å². The van der Waals surface area contributed by atoms with Gasteiger partial charge in [0, 0.05) is 22.2 Å². The minimum Gasteiger partial charge on any atom is -0.309 e. The molecule has 0 unspecified atom stereocenters. The SMILES string of the molecule is CC1(C)c2ccccc2-c2ccc(N(c3ccccc3-c3ccccc3)c3cccc4c3-c3ccccc3C43c4ccccc4-c4ccccc4-c4ccccc43)cc21. The minimum atomic E-state index is -0.569. The highest BCUT2D eigenvalue weighted by atomic mass is 15.1. The first-order valence-electron chi connectivity index (χ1n) is 20.8. The van der Waals surface area contributed by atoms with Gasteiger partial charge in [-0.3, -0.25) is 0 Å². The first kappa shape index (κ1) is 33.9. The van der Waals surface area contributed by atoms with Crippen molar-refractivity contribution in [3.05, 3.63) is 246 Å². The second-order valence-electron chi connectivity index (χ2n) is 16.8. The molecule has 12 rings (SSSR count). The average molecular weight is 752 g/mol. The van der Waals surface area contributed by atoms with Gasteiger partial charge in [0.15, 0.2) is 0 Å². The van der Waals surface area contributed by atoms with E-state index in [0.717, 1.165) is 11.4 Å². The molecular weight excluding hydrogens is 711 g/mol. The summed E-state index contributed by atoms with van der Waals surface area (Å²) in [6.07, 6.45) is 0.